The molecule has 10 nitrogen and oxygen atoms in total. The third-order valence-electron chi connectivity index (χ3n) is 6.08. The van der Waals surface area contributed by atoms with Gasteiger partial charge in [0.15, 0.2) is 5.76 Å². The molecule has 1 aromatic heterocycles. The Morgan fingerprint density at radius 2 is 1.88 bits per heavy atom. The average molecular weight is 468 g/mol. The van der Waals surface area contributed by atoms with Crippen molar-refractivity contribution in [2.24, 2.45) is 0 Å². The summed E-state index contributed by atoms with van der Waals surface area (Å²) < 4.78 is 5.18. The van der Waals surface area contributed by atoms with E-state index in [1.54, 1.807) is 23.1 Å². The number of aryl methyl sites for hydroxylation is 1. The molecule has 1 aromatic carbocycles. The Morgan fingerprint density at radius 3 is 2.59 bits per heavy atom. The second kappa shape index (κ2) is 10.5. The number of nitrogens with one attached hydrogen (secondary N) is 2. The van der Waals surface area contributed by atoms with E-state index in [9.17, 15) is 19.2 Å². The van der Waals surface area contributed by atoms with Gasteiger partial charge in [-0.1, -0.05) is 12.1 Å². The highest BCUT2D eigenvalue weighted by Gasteiger charge is 2.35. The van der Waals surface area contributed by atoms with Crippen LogP contribution in [0.5, 0.6) is 0 Å². The number of hydrogen-bond donors (Lipinski definition) is 2. The highest BCUT2D eigenvalue weighted by atomic mass is 16.3. The Hall–Kier alpha value is -3.66. The second-order valence-corrected chi connectivity index (χ2v) is 8.56. The van der Waals surface area contributed by atoms with Crippen molar-refractivity contribution < 1.29 is 23.6 Å². The first-order valence-corrected chi connectivity index (χ1v) is 11.4. The minimum atomic E-state index is -0.854. The van der Waals surface area contributed by atoms with Crippen molar-refractivity contribution in [3.63, 3.8) is 0 Å². The molecule has 2 aliphatic rings. The molecule has 0 unspecified atom stereocenters. The summed E-state index contributed by atoms with van der Waals surface area (Å²) in [5.74, 6) is -0.712. The van der Waals surface area contributed by atoms with Crippen LogP contribution in [-0.4, -0.2) is 90.2 Å². The quantitative estimate of drug-likeness (QED) is 0.646. The SMILES string of the molecule is Cc1cccc(NC(=O)C[C@@H]2C(=O)NCCN2C(=O)CN2CCN(C(=O)c3ccco3)CC2)c1. The van der Waals surface area contributed by atoms with Crippen LogP contribution in [0.25, 0.3) is 0 Å². The first-order valence-electron chi connectivity index (χ1n) is 11.4. The first-order chi connectivity index (χ1) is 16.4. The molecule has 180 valence electrons. The number of carbonyl (C=O) groups excluding carboxylic acids is 4. The van der Waals surface area contributed by atoms with Crippen LogP contribution >= 0.6 is 0 Å². The normalized spacial score (nSPS) is 19.0. The van der Waals surface area contributed by atoms with E-state index in [1.165, 1.54) is 11.2 Å². The molecule has 4 amide bonds. The average Bonchev–Trinajstić information content (AvgIpc) is 3.35. The molecule has 1 atom stereocenters. The van der Waals surface area contributed by atoms with E-state index < -0.39 is 6.04 Å². The standard InChI is InChI=1S/C24H29N5O5/c1-17-4-2-5-18(14-17)26-21(30)15-19-23(32)25-7-8-29(19)22(31)16-27-9-11-28(12-10-27)24(33)20-6-3-13-34-20/h2-6,13-14,19H,7-12,15-16H2,1H3,(H,25,32)(H,26,30)/t19-/m1/s1. The van der Waals surface area contributed by atoms with Crippen molar-refractivity contribution in [1.82, 2.24) is 20.0 Å². The number of piperazine rings is 2. The molecule has 0 spiro atoms. The molecule has 2 N–H and O–H groups in total. The first kappa shape index (κ1) is 23.5. The highest BCUT2D eigenvalue weighted by Crippen LogP contribution is 2.15. The summed E-state index contributed by atoms with van der Waals surface area (Å²) in [6.45, 7) is 4.80. The largest absolute Gasteiger partial charge is 0.459 e. The Kier molecular flexibility index (Phi) is 7.27. The molecular weight excluding hydrogens is 438 g/mol. The number of benzene rings is 1. The fourth-order valence-corrected chi connectivity index (χ4v) is 4.27. The van der Waals surface area contributed by atoms with Gasteiger partial charge < -0.3 is 24.9 Å². The van der Waals surface area contributed by atoms with Crippen molar-refractivity contribution in [2.75, 3.05) is 51.1 Å². The van der Waals surface area contributed by atoms with Gasteiger partial charge in [0.05, 0.1) is 19.2 Å². The summed E-state index contributed by atoms with van der Waals surface area (Å²) in [6, 6.07) is 9.85. The van der Waals surface area contributed by atoms with Crippen LogP contribution in [0.1, 0.15) is 22.5 Å². The molecule has 4 rings (SSSR count). The van der Waals surface area contributed by atoms with Crippen LogP contribution in [0.3, 0.4) is 0 Å². The number of amides is 4. The molecule has 3 heterocycles. The fraction of sp³-hybridized carbons (Fsp3) is 0.417. The van der Waals surface area contributed by atoms with Crippen LogP contribution < -0.4 is 10.6 Å². The minimum absolute atomic E-state index is 0.114. The van der Waals surface area contributed by atoms with E-state index in [0.717, 1.165) is 5.56 Å². The molecule has 2 aliphatic heterocycles. The smallest absolute Gasteiger partial charge is 0.289 e. The maximum Gasteiger partial charge on any atom is 0.289 e. The molecule has 0 radical (unpaired) electrons. The third-order valence-corrected chi connectivity index (χ3v) is 6.08. The monoisotopic (exact) mass is 467 g/mol. The number of anilines is 1. The van der Waals surface area contributed by atoms with Gasteiger partial charge in [0, 0.05) is 45.0 Å². The van der Waals surface area contributed by atoms with Gasteiger partial charge in [-0.25, -0.2) is 0 Å². The second-order valence-electron chi connectivity index (χ2n) is 8.56. The summed E-state index contributed by atoms with van der Waals surface area (Å²) in [5.41, 5.74) is 1.66. The lowest BCUT2D eigenvalue weighted by Gasteiger charge is -2.38. The summed E-state index contributed by atoms with van der Waals surface area (Å²) in [4.78, 5) is 55.8. The molecule has 0 saturated carbocycles. The van der Waals surface area contributed by atoms with Gasteiger partial charge >= 0.3 is 0 Å². The summed E-state index contributed by atoms with van der Waals surface area (Å²) >= 11 is 0. The molecule has 2 fully saturated rings. The number of furan rings is 1. The predicted molar refractivity (Wildman–Crippen MR) is 124 cm³/mol. The Balaban J connectivity index is 1.31. The minimum Gasteiger partial charge on any atom is -0.459 e. The lowest BCUT2D eigenvalue weighted by molar-refractivity contribution is -0.145. The fourth-order valence-electron chi connectivity index (χ4n) is 4.27. The van der Waals surface area contributed by atoms with Crippen molar-refractivity contribution in [1.29, 1.82) is 0 Å². The van der Waals surface area contributed by atoms with Gasteiger partial charge in [-0.05, 0) is 36.8 Å². The number of carbonyl (C=O) groups is 4. The van der Waals surface area contributed by atoms with Crippen LogP contribution in [-0.2, 0) is 14.4 Å². The number of hydrogen-bond acceptors (Lipinski definition) is 6. The zero-order valence-corrected chi connectivity index (χ0v) is 19.2. The lowest BCUT2D eigenvalue weighted by atomic mass is 10.1. The number of nitrogens with zero attached hydrogens (tertiary/aromatic N) is 3. The molecule has 0 aliphatic carbocycles. The molecule has 2 saturated heterocycles. The van der Waals surface area contributed by atoms with E-state index >= 15 is 0 Å². The third kappa shape index (κ3) is 5.63. The summed E-state index contributed by atoms with van der Waals surface area (Å²) in [5, 5.41) is 5.56. The molecule has 34 heavy (non-hydrogen) atoms. The highest BCUT2D eigenvalue weighted by molar-refractivity contribution is 5.97. The summed E-state index contributed by atoms with van der Waals surface area (Å²) in [7, 11) is 0. The molecule has 0 bridgehead atoms. The molecule has 10 heteroatoms. The van der Waals surface area contributed by atoms with Gasteiger partial charge in [-0.3, -0.25) is 24.1 Å². The van der Waals surface area contributed by atoms with E-state index in [4.69, 9.17) is 4.42 Å². The van der Waals surface area contributed by atoms with E-state index in [-0.39, 0.29) is 36.6 Å². The van der Waals surface area contributed by atoms with Gasteiger partial charge in [0.25, 0.3) is 5.91 Å². The maximum absolute atomic E-state index is 13.1. The topological polar surface area (TPSA) is 115 Å². The zero-order valence-electron chi connectivity index (χ0n) is 19.2. The van der Waals surface area contributed by atoms with Gasteiger partial charge in [-0.2, -0.15) is 0 Å². The van der Waals surface area contributed by atoms with Crippen LogP contribution in [0.2, 0.25) is 0 Å². The van der Waals surface area contributed by atoms with E-state index in [0.29, 0.717) is 50.7 Å². The van der Waals surface area contributed by atoms with E-state index in [1.807, 2.05) is 30.0 Å². The molecule has 2 aromatic rings. The van der Waals surface area contributed by atoms with Crippen molar-refractivity contribution in [2.45, 2.75) is 19.4 Å². The van der Waals surface area contributed by atoms with E-state index in [2.05, 4.69) is 10.6 Å². The van der Waals surface area contributed by atoms with Crippen molar-refractivity contribution in [3.8, 4) is 0 Å². The van der Waals surface area contributed by atoms with Gasteiger partial charge in [-0.15, -0.1) is 0 Å². The van der Waals surface area contributed by atoms with Crippen molar-refractivity contribution in [3.05, 3.63) is 54.0 Å². The van der Waals surface area contributed by atoms with Crippen LogP contribution in [0, 0.1) is 6.92 Å². The van der Waals surface area contributed by atoms with Gasteiger partial charge in [0.2, 0.25) is 17.7 Å². The number of rotatable bonds is 6. The lowest BCUT2D eigenvalue weighted by Crippen LogP contribution is -2.60. The maximum atomic E-state index is 13.1. The van der Waals surface area contributed by atoms with Crippen LogP contribution in [0.4, 0.5) is 5.69 Å². The Labute approximate surface area is 197 Å². The summed E-state index contributed by atoms with van der Waals surface area (Å²) in [6.07, 6.45) is 1.35. The Bertz CT molecular complexity index is 1050. The predicted octanol–water partition coefficient (Wildman–Crippen LogP) is 0.702. The van der Waals surface area contributed by atoms with Gasteiger partial charge in [0.1, 0.15) is 6.04 Å². The Morgan fingerprint density at radius 1 is 1.09 bits per heavy atom. The van der Waals surface area contributed by atoms with Crippen molar-refractivity contribution >= 4 is 29.3 Å². The molecular formula is C24H29N5O5. The van der Waals surface area contributed by atoms with Crippen LogP contribution in [0.15, 0.2) is 47.1 Å². The zero-order chi connectivity index (χ0) is 24.1.